The molecule has 1 aromatic heterocycles. The van der Waals surface area contributed by atoms with Crippen molar-refractivity contribution in [2.24, 2.45) is 5.92 Å². The molecule has 0 N–H and O–H groups in total. The Balaban J connectivity index is 1.95. The third kappa shape index (κ3) is 4.84. The lowest BCUT2D eigenvalue weighted by Gasteiger charge is -2.34. The maximum atomic E-state index is 12.1. The Morgan fingerprint density at radius 1 is 1.43 bits per heavy atom. The lowest BCUT2D eigenvalue weighted by atomic mass is 9.94. The van der Waals surface area contributed by atoms with E-state index in [1.54, 1.807) is 17.3 Å². The first-order chi connectivity index (χ1) is 9.85. The quantitative estimate of drug-likeness (QED) is 0.840. The number of ether oxygens (including phenoxy) is 1. The number of amides is 1. The van der Waals surface area contributed by atoms with E-state index in [-0.39, 0.29) is 6.09 Å². The van der Waals surface area contributed by atoms with Crippen molar-refractivity contribution in [1.82, 2.24) is 14.9 Å². The van der Waals surface area contributed by atoms with E-state index in [0.717, 1.165) is 31.5 Å². The molecule has 2 rings (SSSR count). The molecular weight excluding hydrogens is 290 g/mol. The molecule has 21 heavy (non-hydrogen) atoms. The highest BCUT2D eigenvalue weighted by molar-refractivity contribution is 6.29. The van der Waals surface area contributed by atoms with Crippen LogP contribution < -0.4 is 0 Å². The molecule has 2 heterocycles. The Morgan fingerprint density at radius 3 is 2.81 bits per heavy atom. The highest BCUT2D eigenvalue weighted by atomic mass is 35.5. The molecule has 1 amide bonds. The van der Waals surface area contributed by atoms with E-state index in [4.69, 9.17) is 16.3 Å². The number of rotatable bonds is 2. The van der Waals surface area contributed by atoms with Gasteiger partial charge in [-0.2, -0.15) is 0 Å². The fourth-order valence-electron chi connectivity index (χ4n) is 2.48. The summed E-state index contributed by atoms with van der Waals surface area (Å²) in [5.41, 5.74) is 0.341. The topological polar surface area (TPSA) is 55.3 Å². The van der Waals surface area contributed by atoms with Gasteiger partial charge >= 0.3 is 6.09 Å². The number of carbonyl (C=O) groups is 1. The Hall–Kier alpha value is -1.36. The maximum absolute atomic E-state index is 12.1. The summed E-state index contributed by atoms with van der Waals surface area (Å²) in [6.45, 7) is 7.07. The monoisotopic (exact) mass is 311 g/mol. The van der Waals surface area contributed by atoms with Gasteiger partial charge in [0.2, 0.25) is 0 Å². The molecule has 0 radical (unpaired) electrons. The van der Waals surface area contributed by atoms with Crippen molar-refractivity contribution in [3.8, 4) is 0 Å². The molecule has 1 saturated heterocycles. The largest absolute Gasteiger partial charge is 0.444 e. The van der Waals surface area contributed by atoms with Crippen LogP contribution in [0.2, 0.25) is 5.15 Å². The van der Waals surface area contributed by atoms with Crippen molar-refractivity contribution in [3.63, 3.8) is 0 Å². The highest BCUT2D eigenvalue weighted by Crippen LogP contribution is 2.23. The molecule has 6 heteroatoms. The molecule has 0 aliphatic carbocycles. The number of likely N-dealkylation sites (tertiary alicyclic amines) is 1. The average molecular weight is 312 g/mol. The summed E-state index contributed by atoms with van der Waals surface area (Å²) in [4.78, 5) is 22.2. The van der Waals surface area contributed by atoms with Crippen molar-refractivity contribution >= 4 is 17.7 Å². The van der Waals surface area contributed by atoms with E-state index >= 15 is 0 Å². The Labute approximate surface area is 130 Å². The highest BCUT2D eigenvalue weighted by Gasteiger charge is 2.28. The van der Waals surface area contributed by atoms with Gasteiger partial charge in [-0.1, -0.05) is 11.6 Å². The van der Waals surface area contributed by atoms with Crippen molar-refractivity contribution < 1.29 is 9.53 Å². The fraction of sp³-hybridized carbons (Fsp3) is 0.667. The lowest BCUT2D eigenvalue weighted by molar-refractivity contribution is 0.0165. The van der Waals surface area contributed by atoms with Crippen LogP contribution >= 0.6 is 11.6 Å². The molecule has 0 spiro atoms. The number of carbonyl (C=O) groups excluding carboxylic acids is 1. The zero-order valence-corrected chi connectivity index (χ0v) is 13.6. The third-order valence-electron chi connectivity index (χ3n) is 3.38. The van der Waals surface area contributed by atoms with Gasteiger partial charge in [-0.3, -0.25) is 4.98 Å². The molecule has 1 aliphatic heterocycles. The maximum Gasteiger partial charge on any atom is 0.410 e. The van der Waals surface area contributed by atoms with Crippen molar-refractivity contribution in [3.05, 3.63) is 23.2 Å². The Morgan fingerprint density at radius 2 is 2.14 bits per heavy atom. The van der Waals surface area contributed by atoms with Crippen LogP contribution in [0.4, 0.5) is 4.79 Å². The lowest BCUT2D eigenvalue weighted by Crippen LogP contribution is -2.43. The number of aromatic nitrogens is 2. The molecule has 116 valence electrons. The second-order valence-corrected chi connectivity index (χ2v) is 6.79. The molecule has 0 saturated carbocycles. The average Bonchev–Trinajstić information content (AvgIpc) is 2.40. The summed E-state index contributed by atoms with van der Waals surface area (Å²) in [6, 6.07) is 0. The van der Waals surface area contributed by atoms with Gasteiger partial charge in [0.15, 0.2) is 0 Å². The molecule has 1 aromatic rings. The summed E-state index contributed by atoms with van der Waals surface area (Å²) in [5, 5.41) is 0.451. The van der Waals surface area contributed by atoms with Crippen LogP contribution in [-0.4, -0.2) is 39.7 Å². The molecule has 0 bridgehead atoms. The fourth-order valence-corrected chi connectivity index (χ4v) is 2.67. The number of nitrogens with zero attached hydrogens (tertiary/aromatic N) is 3. The first kappa shape index (κ1) is 16.0. The summed E-state index contributed by atoms with van der Waals surface area (Å²) < 4.78 is 5.43. The van der Waals surface area contributed by atoms with Gasteiger partial charge in [-0.25, -0.2) is 9.78 Å². The normalized spacial score (nSPS) is 19.4. The standard InChI is InChI=1S/C15H22ClN3O2/c1-15(2,3)21-14(20)19-8-4-5-11(10-19)9-12-13(16)18-7-6-17-12/h6-7,11H,4-5,8-10H2,1-3H3/t11-/m0/s1. The van der Waals surface area contributed by atoms with Gasteiger partial charge in [0.25, 0.3) is 0 Å². The molecule has 5 nitrogen and oxygen atoms in total. The van der Waals surface area contributed by atoms with Crippen LogP contribution in [0.3, 0.4) is 0 Å². The Kier molecular flexibility index (Phi) is 5.04. The van der Waals surface area contributed by atoms with E-state index in [0.29, 0.717) is 17.6 Å². The summed E-state index contributed by atoms with van der Waals surface area (Å²) in [6.07, 6.45) is 5.77. The van der Waals surface area contributed by atoms with Gasteiger partial charge in [-0.05, 0) is 46.0 Å². The predicted molar refractivity (Wildman–Crippen MR) is 81.3 cm³/mol. The SMILES string of the molecule is CC(C)(C)OC(=O)N1CCC[C@@H](Cc2nccnc2Cl)C1. The van der Waals surface area contributed by atoms with Crippen molar-refractivity contribution in [1.29, 1.82) is 0 Å². The van der Waals surface area contributed by atoms with Crippen molar-refractivity contribution in [2.45, 2.75) is 45.6 Å². The summed E-state index contributed by atoms with van der Waals surface area (Å²) >= 11 is 6.05. The van der Waals surface area contributed by atoms with E-state index in [1.165, 1.54) is 0 Å². The van der Waals surface area contributed by atoms with Crippen LogP contribution in [0, 0.1) is 5.92 Å². The first-order valence-corrected chi connectivity index (χ1v) is 7.66. The number of piperidine rings is 1. The summed E-state index contributed by atoms with van der Waals surface area (Å²) in [7, 11) is 0. The minimum Gasteiger partial charge on any atom is -0.444 e. The van der Waals surface area contributed by atoms with Crippen LogP contribution in [0.1, 0.15) is 39.3 Å². The van der Waals surface area contributed by atoms with E-state index in [1.807, 2.05) is 20.8 Å². The molecular formula is C15H22ClN3O2. The zero-order chi connectivity index (χ0) is 15.5. The molecule has 1 aliphatic rings. The Bertz CT molecular complexity index is 502. The van der Waals surface area contributed by atoms with Gasteiger partial charge in [0.05, 0.1) is 5.69 Å². The van der Waals surface area contributed by atoms with Crippen LogP contribution in [0.15, 0.2) is 12.4 Å². The van der Waals surface area contributed by atoms with Crippen LogP contribution in [0.5, 0.6) is 0 Å². The first-order valence-electron chi connectivity index (χ1n) is 7.28. The number of halogens is 1. The predicted octanol–water partition coefficient (Wildman–Crippen LogP) is 3.32. The minimum absolute atomic E-state index is 0.238. The second kappa shape index (κ2) is 6.60. The van der Waals surface area contributed by atoms with E-state index < -0.39 is 5.60 Å². The molecule has 1 atom stereocenters. The summed E-state index contributed by atoms with van der Waals surface area (Å²) in [5.74, 6) is 0.348. The minimum atomic E-state index is -0.460. The van der Waals surface area contributed by atoms with Crippen LogP contribution in [-0.2, 0) is 11.2 Å². The van der Waals surface area contributed by atoms with Gasteiger partial charge < -0.3 is 9.64 Å². The van der Waals surface area contributed by atoms with Gasteiger partial charge in [-0.15, -0.1) is 0 Å². The van der Waals surface area contributed by atoms with Gasteiger partial charge in [0.1, 0.15) is 10.8 Å². The van der Waals surface area contributed by atoms with Crippen LogP contribution in [0.25, 0.3) is 0 Å². The number of hydrogen-bond donors (Lipinski definition) is 0. The number of hydrogen-bond acceptors (Lipinski definition) is 4. The molecule has 0 unspecified atom stereocenters. The van der Waals surface area contributed by atoms with E-state index in [9.17, 15) is 4.79 Å². The zero-order valence-electron chi connectivity index (χ0n) is 12.8. The molecule has 0 aromatic carbocycles. The van der Waals surface area contributed by atoms with Crippen molar-refractivity contribution in [2.75, 3.05) is 13.1 Å². The second-order valence-electron chi connectivity index (χ2n) is 6.43. The van der Waals surface area contributed by atoms with E-state index in [2.05, 4.69) is 9.97 Å². The van der Waals surface area contributed by atoms with Gasteiger partial charge in [0, 0.05) is 25.5 Å². The molecule has 1 fully saturated rings. The smallest absolute Gasteiger partial charge is 0.410 e. The third-order valence-corrected chi connectivity index (χ3v) is 3.69.